The van der Waals surface area contributed by atoms with Crippen molar-refractivity contribution < 1.29 is 14.6 Å². The fraction of sp³-hybridized carbons (Fsp3) is 0.737. The molecule has 2 aliphatic rings. The van der Waals surface area contributed by atoms with Crippen LogP contribution in [-0.2, 0) is 11.2 Å². The molecule has 1 aromatic heterocycles. The molecule has 1 saturated heterocycles. The van der Waals surface area contributed by atoms with E-state index in [0.717, 1.165) is 5.69 Å². The second-order valence-electron chi connectivity index (χ2n) is 8.12. The Morgan fingerprint density at radius 2 is 2.14 bits per heavy atom. The van der Waals surface area contributed by atoms with E-state index in [0.29, 0.717) is 57.8 Å². The van der Waals surface area contributed by atoms with Gasteiger partial charge in [-0.05, 0) is 31.2 Å². The standard InChI is InChI=1S/C19H30N4O4.ClH/c1-12(2)9-13-10-14(22-18(26)21-13)17(25)23-6-3-19(4-7-23)15(24)11-16(19)27-8-5-20;/h10,12,15-16,24H,3-9,11,20H2,1-2H3,(H,21,22,26);1H/t15-,16+;/m1./s1. The van der Waals surface area contributed by atoms with E-state index < -0.39 is 11.8 Å². The number of ether oxygens (including phenoxy) is 1. The van der Waals surface area contributed by atoms with E-state index in [4.69, 9.17) is 10.5 Å². The Kier molecular flexibility index (Phi) is 7.61. The third kappa shape index (κ3) is 4.56. The van der Waals surface area contributed by atoms with Crippen LogP contribution in [-0.4, -0.2) is 64.3 Å². The summed E-state index contributed by atoms with van der Waals surface area (Å²) >= 11 is 0. The lowest BCUT2D eigenvalue weighted by Crippen LogP contribution is -2.63. The summed E-state index contributed by atoms with van der Waals surface area (Å²) in [5.74, 6) is 0.139. The van der Waals surface area contributed by atoms with Gasteiger partial charge in [0, 0.05) is 37.2 Å². The minimum absolute atomic E-state index is 0. The molecule has 2 fully saturated rings. The number of aromatic amines is 1. The number of aromatic nitrogens is 2. The third-order valence-corrected chi connectivity index (χ3v) is 5.81. The molecule has 1 amide bonds. The largest absolute Gasteiger partial charge is 0.392 e. The van der Waals surface area contributed by atoms with Gasteiger partial charge in [0.1, 0.15) is 5.69 Å². The van der Waals surface area contributed by atoms with Crippen LogP contribution in [0.2, 0.25) is 0 Å². The molecule has 1 spiro atoms. The number of hydrogen-bond acceptors (Lipinski definition) is 6. The van der Waals surface area contributed by atoms with Crippen molar-refractivity contribution in [3.8, 4) is 0 Å². The van der Waals surface area contributed by atoms with Crippen molar-refractivity contribution in [2.24, 2.45) is 17.1 Å². The van der Waals surface area contributed by atoms with Crippen LogP contribution in [0.25, 0.3) is 0 Å². The molecule has 2 atom stereocenters. The molecule has 2 heterocycles. The molecular weight excluding hydrogens is 384 g/mol. The van der Waals surface area contributed by atoms with Crippen LogP contribution in [0.5, 0.6) is 0 Å². The van der Waals surface area contributed by atoms with Gasteiger partial charge < -0.3 is 25.5 Å². The molecule has 4 N–H and O–H groups in total. The second-order valence-corrected chi connectivity index (χ2v) is 8.12. The molecule has 0 unspecified atom stereocenters. The lowest BCUT2D eigenvalue weighted by Gasteiger charge is -2.56. The highest BCUT2D eigenvalue weighted by atomic mass is 35.5. The first-order valence-corrected chi connectivity index (χ1v) is 9.75. The highest BCUT2D eigenvalue weighted by Crippen LogP contribution is 2.51. The number of halogens is 1. The number of nitrogens with one attached hydrogen (secondary N) is 1. The Morgan fingerprint density at radius 3 is 2.71 bits per heavy atom. The van der Waals surface area contributed by atoms with E-state index in [9.17, 15) is 14.7 Å². The lowest BCUT2D eigenvalue weighted by atomic mass is 9.58. The summed E-state index contributed by atoms with van der Waals surface area (Å²) in [4.78, 5) is 33.0. The number of carbonyl (C=O) groups excluding carboxylic acids is 1. The van der Waals surface area contributed by atoms with Gasteiger partial charge >= 0.3 is 5.69 Å². The first-order chi connectivity index (χ1) is 12.9. The first kappa shape index (κ1) is 22.8. The smallest absolute Gasteiger partial charge is 0.345 e. The van der Waals surface area contributed by atoms with Crippen molar-refractivity contribution in [3.63, 3.8) is 0 Å². The fourth-order valence-electron chi connectivity index (χ4n) is 4.28. The summed E-state index contributed by atoms with van der Waals surface area (Å²) < 4.78 is 5.79. The number of carbonyl (C=O) groups is 1. The summed E-state index contributed by atoms with van der Waals surface area (Å²) in [6, 6.07) is 1.68. The third-order valence-electron chi connectivity index (χ3n) is 5.81. The number of aliphatic hydroxyl groups excluding tert-OH is 1. The van der Waals surface area contributed by atoms with Gasteiger partial charge in [-0.3, -0.25) is 4.79 Å². The zero-order valence-corrected chi connectivity index (χ0v) is 17.3. The predicted molar refractivity (Wildman–Crippen MR) is 108 cm³/mol. The summed E-state index contributed by atoms with van der Waals surface area (Å²) in [7, 11) is 0. The summed E-state index contributed by atoms with van der Waals surface area (Å²) in [5.41, 5.74) is 5.66. The van der Waals surface area contributed by atoms with E-state index in [1.165, 1.54) is 0 Å². The number of hydrogen-bond donors (Lipinski definition) is 3. The Balaban J connectivity index is 0.00000280. The van der Waals surface area contributed by atoms with Gasteiger partial charge in [0.05, 0.1) is 18.8 Å². The van der Waals surface area contributed by atoms with Crippen LogP contribution in [0.1, 0.15) is 49.3 Å². The fourth-order valence-corrected chi connectivity index (χ4v) is 4.28. The molecule has 0 bridgehead atoms. The highest BCUT2D eigenvalue weighted by Gasteiger charge is 2.56. The van der Waals surface area contributed by atoms with Crippen LogP contribution in [0.4, 0.5) is 0 Å². The molecule has 1 saturated carbocycles. The molecule has 158 valence electrons. The van der Waals surface area contributed by atoms with E-state index in [1.807, 2.05) is 0 Å². The molecule has 28 heavy (non-hydrogen) atoms. The van der Waals surface area contributed by atoms with Gasteiger partial charge in [-0.2, -0.15) is 4.98 Å². The van der Waals surface area contributed by atoms with E-state index in [-0.39, 0.29) is 35.5 Å². The number of nitrogens with two attached hydrogens (primary N) is 1. The van der Waals surface area contributed by atoms with Crippen molar-refractivity contribution >= 4 is 18.3 Å². The van der Waals surface area contributed by atoms with Crippen LogP contribution < -0.4 is 11.4 Å². The summed E-state index contributed by atoms with van der Waals surface area (Å²) in [6.45, 7) is 6.09. The molecular formula is C19H31ClN4O4. The molecule has 9 heteroatoms. The zero-order valence-electron chi connectivity index (χ0n) is 16.5. The molecule has 1 aliphatic heterocycles. The van der Waals surface area contributed by atoms with Crippen LogP contribution in [0, 0.1) is 11.3 Å². The van der Waals surface area contributed by atoms with Crippen molar-refractivity contribution in [1.29, 1.82) is 0 Å². The zero-order chi connectivity index (χ0) is 19.6. The number of aliphatic hydroxyl groups is 1. The number of nitrogens with zero attached hydrogens (tertiary/aromatic N) is 2. The van der Waals surface area contributed by atoms with Crippen LogP contribution in [0.15, 0.2) is 10.9 Å². The SMILES string of the molecule is CC(C)Cc1cc(C(=O)N2CCC3(CC2)[C@H](O)C[C@@H]3OCCN)nc(=O)[nH]1.Cl. The Morgan fingerprint density at radius 1 is 1.46 bits per heavy atom. The number of H-pyrrole nitrogens is 1. The second kappa shape index (κ2) is 9.35. The monoisotopic (exact) mass is 414 g/mol. The molecule has 3 rings (SSSR count). The highest BCUT2D eigenvalue weighted by molar-refractivity contribution is 5.92. The van der Waals surface area contributed by atoms with Crippen molar-refractivity contribution in [3.05, 3.63) is 27.9 Å². The van der Waals surface area contributed by atoms with Crippen molar-refractivity contribution in [2.45, 2.75) is 51.7 Å². The maximum absolute atomic E-state index is 12.8. The van der Waals surface area contributed by atoms with Crippen molar-refractivity contribution in [1.82, 2.24) is 14.9 Å². The summed E-state index contributed by atoms with van der Waals surface area (Å²) in [6.07, 6.45) is 2.28. The quantitative estimate of drug-likeness (QED) is 0.630. The number of rotatable bonds is 6. The van der Waals surface area contributed by atoms with Crippen LogP contribution >= 0.6 is 12.4 Å². The Hall–Kier alpha value is -1.48. The number of amides is 1. The van der Waals surface area contributed by atoms with Gasteiger partial charge in [-0.15, -0.1) is 12.4 Å². The normalized spacial score (nSPS) is 23.4. The topological polar surface area (TPSA) is 122 Å². The van der Waals surface area contributed by atoms with Gasteiger partial charge in [0.2, 0.25) is 0 Å². The maximum Gasteiger partial charge on any atom is 0.345 e. The lowest BCUT2D eigenvalue weighted by molar-refractivity contribution is -0.208. The van der Waals surface area contributed by atoms with Crippen LogP contribution in [0.3, 0.4) is 0 Å². The van der Waals surface area contributed by atoms with Gasteiger partial charge in [0.25, 0.3) is 5.91 Å². The van der Waals surface area contributed by atoms with E-state index in [1.54, 1.807) is 11.0 Å². The van der Waals surface area contributed by atoms with E-state index >= 15 is 0 Å². The maximum atomic E-state index is 12.8. The molecule has 1 aliphatic carbocycles. The van der Waals surface area contributed by atoms with Gasteiger partial charge in [-0.1, -0.05) is 13.8 Å². The number of piperidine rings is 1. The molecule has 1 aromatic rings. The minimum Gasteiger partial charge on any atom is -0.392 e. The Bertz CT molecular complexity index is 731. The minimum atomic E-state index is -0.491. The molecule has 8 nitrogen and oxygen atoms in total. The molecule has 0 aromatic carbocycles. The molecule has 0 radical (unpaired) electrons. The predicted octanol–water partition coefficient (Wildman–Crippen LogP) is 0.721. The van der Waals surface area contributed by atoms with Crippen molar-refractivity contribution in [2.75, 3.05) is 26.2 Å². The van der Waals surface area contributed by atoms with Gasteiger partial charge in [-0.25, -0.2) is 4.79 Å². The first-order valence-electron chi connectivity index (χ1n) is 9.75. The average molecular weight is 415 g/mol. The van der Waals surface area contributed by atoms with Gasteiger partial charge in [0.15, 0.2) is 0 Å². The number of likely N-dealkylation sites (tertiary alicyclic amines) is 1. The van der Waals surface area contributed by atoms with E-state index in [2.05, 4.69) is 23.8 Å². The average Bonchev–Trinajstić information content (AvgIpc) is 2.63. The Labute approximate surface area is 171 Å². The summed E-state index contributed by atoms with van der Waals surface area (Å²) in [5, 5.41) is 10.3.